The summed E-state index contributed by atoms with van der Waals surface area (Å²) in [6.07, 6.45) is 29.4. The largest absolute Gasteiger partial charge is 1.00 e. The molecular formula is C128H104Au4P4+4. The van der Waals surface area contributed by atoms with Crippen LogP contribution >= 0.6 is 31.7 Å². The van der Waals surface area contributed by atoms with Crippen LogP contribution in [-0.4, -0.2) is 0 Å². The Morgan fingerprint density at radius 3 is 0.662 bits per heavy atom. The van der Waals surface area contributed by atoms with Crippen molar-refractivity contribution in [1.29, 1.82) is 0 Å². The molecular weight excluding hydrogens is 2450 g/mol. The first kappa shape index (κ1) is 102. The molecule has 0 bridgehead atoms. The van der Waals surface area contributed by atoms with E-state index in [-0.39, 0.29) is 111 Å². The topological polar surface area (TPSA) is 0 Å². The molecule has 676 valence electrons. The van der Waals surface area contributed by atoms with Crippen LogP contribution in [-0.2, 0) is 111 Å². The molecule has 22 rings (SSSR count). The van der Waals surface area contributed by atoms with Crippen LogP contribution in [0.1, 0.15) is 122 Å². The Morgan fingerprint density at radius 1 is 0.169 bits per heavy atom. The summed E-state index contributed by atoms with van der Waals surface area (Å²) in [6.45, 7) is 18.0. The van der Waals surface area contributed by atoms with Crippen molar-refractivity contribution in [1.82, 2.24) is 0 Å². The minimum atomic E-state index is -1.14. The van der Waals surface area contributed by atoms with E-state index in [9.17, 15) is 0 Å². The Hall–Kier alpha value is -11.1. The Labute approximate surface area is 874 Å². The van der Waals surface area contributed by atoms with Gasteiger partial charge in [0.15, 0.2) is 0 Å². The normalized spacial score (nSPS) is 12.6. The second-order valence-electron chi connectivity index (χ2n) is 35.7. The molecule has 136 heavy (non-hydrogen) atoms. The molecule has 0 aliphatic heterocycles. The molecule has 0 radical (unpaired) electrons. The average Bonchev–Trinajstić information content (AvgIpc) is 1.58. The molecule has 0 heterocycles. The maximum absolute atomic E-state index is 7.43. The molecule has 18 aromatic rings. The Bertz CT molecular complexity index is 6630. The van der Waals surface area contributed by atoms with Gasteiger partial charge < -0.3 is 25.7 Å². The van der Waals surface area contributed by atoms with E-state index in [0.717, 1.165) is 22.3 Å². The molecule has 0 atom stereocenters. The third-order valence-corrected chi connectivity index (χ3v) is 38.1. The van der Waals surface area contributed by atoms with E-state index in [1.807, 2.05) is 36.4 Å². The molecule has 18 aromatic carbocycles. The average molecular weight is 2550 g/mol. The molecule has 0 saturated carbocycles. The van der Waals surface area contributed by atoms with E-state index in [2.05, 4.69) is 504 Å². The van der Waals surface area contributed by atoms with E-state index < -0.39 is 31.7 Å². The summed E-state index contributed by atoms with van der Waals surface area (Å²) in [7, 11) is -4.56. The summed E-state index contributed by atoms with van der Waals surface area (Å²) in [5, 5.41) is 17.4. The molecule has 0 spiro atoms. The first-order valence-corrected chi connectivity index (χ1v) is 51.2. The van der Waals surface area contributed by atoms with Crippen molar-refractivity contribution < 1.29 is 89.5 Å². The van der Waals surface area contributed by atoms with E-state index in [1.54, 1.807) is 0 Å². The third kappa shape index (κ3) is 21.3. The minimum Gasteiger partial charge on any atom is -0.366 e. The van der Waals surface area contributed by atoms with Gasteiger partial charge in [-0.25, -0.2) is 0 Å². The molecule has 0 N–H and O–H groups in total. The van der Waals surface area contributed by atoms with Crippen molar-refractivity contribution >= 4 is 95.3 Å². The summed E-state index contributed by atoms with van der Waals surface area (Å²) in [5.74, 6) is 10.0. The molecule has 0 aromatic heterocycles. The van der Waals surface area contributed by atoms with Gasteiger partial charge in [-0.2, -0.15) is 0 Å². The Kier molecular flexibility index (Phi) is 34.9. The summed E-state index contributed by atoms with van der Waals surface area (Å²) < 4.78 is 0. The maximum Gasteiger partial charge on any atom is 1.00 e. The second kappa shape index (κ2) is 46.4. The van der Waals surface area contributed by atoms with Crippen molar-refractivity contribution in [3.05, 3.63) is 553 Å². The van der Waals surface area contributed by atoms with Crippen LogP contribution in [0.4, 0.5) is 0 Å². The van der Waals surface area contributed by atoms with Crippen LogP contribution in [0, 0.1) is 49.4 Å². The molecule has 0 amide bonds. The van der Waals surface area contributed by atoms with Gasteiger partial charge in [0, 0.05) is 21.7 Å². The van der Waals surface area contributed by atoms with Gasteiger partial charge in [0.25, 0.3) is 0 Å². The van der Waals surface area contributed by atoms with Crippen LogP contribution in [0.15, 0.2) is 461 Å². The van der Waals surface area contributed by atoms with Crippen LogP contribution in [0.3, 0.4) is 0 Å². The van der Waals surface area contributed by atoms with Gasteiger partial charge in [-0.15, -0.1) is 58.7 Å². The second-order valence-corrected chi connectivity index (χ2v) is 45.5. The maximum atomic E-state index is 7.43. The van der Waals surface area contributed by atoms with Gasteiger partial charge in [0.1, 0.15) is 95.3 Å². The van der Waals surface area contributed by atoms with Crippen LogP contribution in [0.25, 0.3) is 44.5 Å². The quantitative estimate of drug-likeness (QED) is 0.0495. The fraction of sp³-hybridized carbons (Fsp3) is 0.0938. The Balaban J connectivity index is 0.000000141. The van der Waals surface area contributed by atoms with Crippen molar-refractivity contribution in [3.63, 3.8) is 0 Å². The van der Waals surface area contributed by atoms with Crippen molar-refractivity contribution in [3.8, 4) is 68.2 Å². The molecule has 8 heteroatoms. The summed E-state index contributed by atoms with van der Waals surface area (Å²) >= 11 is 0. The predicted octanol–water partition coefficient (Wildman–Crippen LogP) is 25.0. The molecule has 0 fully saturated rings. The van der Waals surface area contributed by atoms with Gasteiger partial charge >= 0.3 is 89.5 Å². The minimum absolute atomic E-state index is 0. The zero-order valence-electron chi connectivity index (χ0n) is 77.1. The fourth-order valence-corrected chi connectivity index (χ4v) is 31.9. The van der Waals surface area contributed by atoms with Crippen molar-refractivity contribution in [2.45, 2.75) is 77.0 Å². The van der Waals surface area contributed by atoms with Crippen LogP contribution in [0.5, 0.6) is 0 Å². The summed E-state index contributed by atoms with van der Waals surface area (Å²) in [6, 6.07) is 165. The number of fused-ring (bicyclic) bond motifs is 12. The molecule has 0 nitrogen and oxygen atoms in total. The van der Waals surface area contributed by atoms with E-state index in [4.69, 9.17) is 25.7 Å². The number of hydrogen-bond acceptors (Lipinski definition) is 0. The van der Waals surface area contributed by atoms with Crippen molar-refractivity contribution in [2.75, 3.05) is 0 Å². The van der Waals surface area contributed by atoms with Gasteiger partial charge in [-0.3, -0.25) is 23.7 Å². The van der Waals surface area contributed by atoms with Gasteiger partial charge in [-0.1, -0.05) is 370 Å². The van der Waals surface area contributed by atoms with Gasteiger partial charge in [0.2, 0.25) is 0 Å². The Morgan fingerprint density at radius 2 is 0.375 bits per heavy atom. The zero-order chi connectivity index (χ0) is 91.4. The first-order chi connectivity index (χ1) is 64.4. The van der Waals surface area contributed by atoms with E-state index in [1.165, 1.54) is 153 Å². The van der Waals surface area contributed by atoms with Gasteiger partial charge in [-0.05, 0) is 199 Å². The molecule has 4 aliphatic carbocycles. The zero-order valence-corrected chi connectivity index (χ0v) is 89.8. The number of hydrogen-bond donors (Lipinski definition) is 0. The van der Waals surface area contributed by atoms with Gasteiger partial charge in [0.05, 0.1) is 0 Å². The van der Waals surface area contributed by atoms with E-state index in [0.29, 0.717) is 0 Å². The molecule has 0 unspecified atom stereocenters. The smallest absolute Gasteiger partial charge is 0.366 e. The third-order valence-electron chi connectivity index (χ3n) is 26.4. The predicted molar refractivity (Wildman–Crippen MR) is 574 cm³/mol. The van der Waals surface area contributed by atoms with Crippen LogP contribution < -0.4 is 63.7 Å². The SMILES string of the molecule is [Au+].[Au+].[Au+].[Au+].[C-]#Cc1ccc2c(c1)-c1ccccc1C2(C)C.[C-]#Cc1ccc2c(c1)C(C)(C)c1ccccc1-2.[C-]#Cc1cccc2c1-c1ccccc1C2(C)C.[C-]#Cc1cccc2c1-c1ccccc1C2(C)C.c1ccc([PH+](c2ccccc2)c2ccccc2[PH+](c2ccccc2)c2ccccc2)cc1.c1ccc([PH+](c2ccccc2)c2ccccc2[PH+](c2ccccc2)c2ccccc2)cc1. The first-order valence-electron chi connectivity index (χ1n) is 45.2. The number of benzene rings is 18. The molecule has 4 aliphatic rings. The fourth-order valence-electron chi connectivity index (χ4n) is 19.9. The standard InChI is InChI=1S/2C30H24P2.4C17H13.4Au/c2*1-5-15-25(16-6-1)31(26-17-7-2-8-18-26)29-23-13-14-24-30(29)32(27-19-9-3-10-20-27)28-21-11-4-12-22-28;2*1-4-12-8-7-11-15-16(12)13-9-5-6-10-14(13)17(15,2)3;1-4-12-9-10-16-14(11-12)13-7-5-6-8-15(13)17(16,2)3;1-4-12-9-10-14-13-7-5-6-8-15(13)17(2,3)16(14)11-12;;;;/h2*1-24H;4*5-11H,2-3H3;;;;/q;;4*-1;4*+1/p+4. The molecule has 0 saturated heterocycles. The monoisotopic (exact) mass is 2550 g/mol. The van der Waals surface area contributed by atoms with Crippen LogP contribution in [0.2, 0.25) is 0 Å². The number of rotatable bonds is 12. The summed E-state index contributed by atoms with van der Waals surface area (Å²) in [4.78, 5) is 0. The van der Waals surface area contributed by atoms with Crippen molar-refractivity contribution in [2.24, 2.45) is 0 Å². The van der Waals surface area contributed by atoms with E-state index >= 15 is 0 Å². The summed E-state index contributed by atoms with van der Waals surface area (Å²) in [5.41, 5.74) is 24.3.